The lowest BCUT2D eigenvalue weighted by Gasteiger charge is -2.14. The van der Waals surface area contributed by atoms with Gasteiger partial charge in [0.1, 0.15) is 0 Å². The summed E-state index contributed by atoms with van der Waals surface area (Å²) in [7, 11) is 0. The second-order valence-electron chi connectivity index (χ2n) is 3.64. The van der Waals surface area contributed by atoms with Crippen LogP contribution in [0.5, 0.6) is 0 Å². The molecule has 1 aromatic rings. The summed E-state index contributed by atoms with van der Waals surface area (Å²) in [5, 5.41) is 3.17. The van der Waals surface area contributed by atoms with E-state index in [0.717, 1.165) is 23.8 Å². The predicted octanol–water partition coefficient (Wildman–Crippen LogP) is 2.45. The van der Waals surface area contributed by atoms with Gasteiger partial charge in [0.05, 0.1) is 5.01 Å². The first-order chi connectivity index (χ1) is 6.22. The second-order valence-corrected chi connectivity index (χ2v) is 4.62. The molecule has 1 heterocycles. The summed E-state index contributed by atoms with van der Waals surface area (Å²) >= 11 is 1.69. The van der Waals surface area contributed by atoms with Crippen LogP contribution < -0.4 is 5.73 Å². The molecule has 0 fully saturated rings. The summed E-state index contributed by atoms with van der Waals surface area (Å²) in [6, 6.07) is 0.279. The molecule has 1 rings (SSSR count). The van der Waals surface area contributed by atoms with E-state index in [-0.39, 0.29) is 6.04 Å². The maximum Gasteiger partial charge on any atom is 0.0940 e. The summed E-state index contributed by atoms with van der Waals surface area (Å²) < 4.78 is 0. The van der Waals surface area contributed by atoms with E-state index in [1.54, 1.807) is 11.3 Å². The highest BCUT2D eigenvalue weighted by atomic mass is 32.1. The first-order valence-electron chi connectivity index (χ1n) is 4.86. The van der Waals surface area contributed by atoms with E-state index in [0.29, 0.717) is 0 Å². The normalized spacial score (nSPS) is 15.6. The van der Waals surface area contributed by atoms with Crippen molar-refractivity contribution >= 4 is 11.3 Å². The molecule has 0 bridgehead atoms. The zero-order valence-electron chi connectivity index (χ0n) is 8.36. The number of thiazole rings is 1. The van der Waals surface area contributed by atoms with Crippen molar-refractivity contribution in [3.05, 3.63) is 16.6 Å². The van der Waals surface area contributed by atoms with Gasteiger partial charge in [0, 0.05) is 24.0 Å². The molecule has 0 spiro atoms. The van der Waals surface area contributed by atoms with Crippen molar-refractivity contribution in [1.29, 1.82) is 0 Å². The van der Waals surface area contributed by atoms with Gasteiger partial charge in [-0.2, -0.15) is 0 Å². The van der Waals surface area contributed by atoms with Gasteiger partial charge in [-0.25, -0.2) is 4.98 Å². The fourth-order valence-electron chi connectivity index (χ4n) is 1.34. The molecule has 2 atom stereocenters. The van der Waals surface area contributed by atoms with Gasteiger partial charge in [0.2, 0.25) is 0 Å². The zero-order chi connectivity index (χ0) is 9.68. The fourth-order valence-corrected chi connectivity index (χ4v) is 2.06. The predicted molar refractivity (Wildman–Crippen MR) is 57.9 cm³/mol. The van der Waals surface area contributed by atoms with Gasteiger partial charge in [-0.3, -0.25) is 0 Å². The molecule has 0 saturated carbocycles. The highest BCUT2D eigenvalue weighted by Gasteiger charge is 2.09. The van der Waals surface area contributed by atoms with Crippen LogP contribution in [0.25, 0.3) is 0 Å². The van der Waals surface area contributed by atoms with Crippen LogP contribution in [-0.4, -0.2) is 11.0 Å². The van der Waals surface area contributed by atoms with Crippen LogP contribution >= 0.6 is 11.3 Å². The highest BCUT2D eigenvalue weighted by molar-refractivity contribution is 7.09. The van der Waals surface area contributed by atoms with E-state index in [4.69, 9.17) is 5.73 Å². The van der Waals surface area contributed by atoms with E-state index >= 15 is 0 Å². The van der Waals surface area contributed by atoms with Crippen LogP contribution in [0.1, 0.15) is 31.7 Å². The Morgan fingerprint density at radius 1 is 1.62 bits per heavy atom. The van der Waals surface area contributed by atoms with E-state index < -0.39 is 0 Å². The fraction of sp³-hybridized carbons (Fsp3) is 0.700. The molecule has 2 N–H and O–H groups in total. The topological polar surface area (TPSA) is 38.9 Å². The molecular weight excluding hydrogens is 180 g/mol. The van der Waals surface area contributed by atoms with Crippen molar-refractivity contribution in [2.45, 2.75) is 39.2 Å². The van der Waals surface area contributed by atoms with Crippen LogP contribution in [0.3, 0.4) is 0 Å². The largest absolute Gasteiger partial charge is 0.327 e. The second kappa shape index (κ2) is 5.35. The van der Waals surface area contributed by atoms with Crippen LogP contribution in [0.4, 0.5) is 0 Å². The third kappa shape index (κ3) is 3.87. The van der Waals surface area contributed by atoms with E-state index in [9.17, 15) is 0 Å². The van der Waals surface area contributed by atoms with Crippen molar-refractivity contribution in [2.24, 2.45) is 11.7 Å². The summed E-state index contributed by atoms with van der Waals surface area (Å²) in [6.45, 7) is 4.46. The number of hydrogen-bond donors (Lipinski definition) is 1. The smallest absolute Gasteiger partial charge is 0.0940 e. The molecule has 3 heteroatoms. The van der Waals surface area contributed by atoms with Crippen molar-refractivity contribution < 1.29 is 0 Å². The molecule has 0 aliphatic carbocycles. The Balaban J connectivity index is 2.29. The lowest BCUT2D eigenvalue weighted by atomic mass is 9.98. The molecule has 13 heavy (non-hydrogen) atoms. The molecule has 0 aliphatic rings. The summed E-state index contributed by atoms with van der Waals surface area (Å²) in [5.74, 6) is 0.731. The Morgan fingerprint density at radius 3 is 2.92 bits per heavy atom. The Hall–Kier alpha value is -0.410. The van der Waals surface area contributed by atoms with Gasteiger partial charge in [-0.15, -0.1) is 11.3 Å². The molecule has 0 amide bonds. The molecule has 2 nitrogen and oxygen atoms in total. The van der Waals surface area contributed by atoms with Gasteiger partial charge in [0.25, 0.3) is 0 Å². The van der Waals surface area contributed by atoms with Crippen LogP contribution in [-0.2, 0) is 6.42 Å². The summed E-state index contributed by atoms with van der Waals surface area (Å²) in [4.78, 5) is 4.23. The Labute approximate surface area is 84.2 Å². The number of hydrogen-bond acceptors (Lipinski definition) is 3. The van der Waals surface area contributed by atoms with Crippen LogP contribution in [0, 0.1) is 5.92 Å². The minimum atomic E-state index is 0.279. The number of nitrogens with zero attached hydrogens (tertiary/aromatic N) is 1. The molecule has 1 aromatic heterocycles. The Kier molecular flexibility index (Phi) is 4.39. The number of aromatic nitrogens is 1. The van der Waals surface area contributed by atoms with Crippen molar-refractivity contribution in [3.63, 3.8) is 0 Å². The van der Waals surface area contributed by atoms with Crippen LogP contribution in [0.2, 0.25) is 0 Å². The first kappa shape index (κ1) is 10.7. The number of nitrogens with two attached hydrogens (primary N) is 1. The zero-order valence-corrected chi connectivity index (χ0v) is 9.18. The molecular formula is C10H18N2S. The Bertz CT molecular complexity index is 221. The van der Waals surface area contributed by atoms with Gasteiger partial charge < -0.3 is 5.73 Å². The van der Waals surface area contributed by atoms with E-state index in [2.05, 4.69) is 18.8 Å². The molecule has 0 aliphatic heterocycles. The first-order valence-corrected chi connectivity index (χ1v) is 5.74. The average molecular weight is 198 g/mol. The number of rotatable bonds is 5. The Morgan fingerprint density at radius 2 is 2.38 bits per heavy atom. The van der Waals surface area contributed by atoms with Gasteiger partial charge >= 0.3 is 0 Å². The van der Waals surface area contributed by atoms with Gasteiger partial charge in [-0.05, 0) is 12.3 Å². The van der Waals surface area contributed by atoms with E-state index in [1.807, 2.05) is 11.6 Å². The minimum absolute atomic E-state index is 0.279. The molecule has 0 radical (unpaired) electrons. The monoisotopic (exact) mass is 198 g/mol. The SMILES string of the molecule is CCC(C)CC(N)Cc1nccs1. The third-order valence-electron chi connectivity index (χ3n) is 2.32. The van der Waals surface area contributed by atoms with Gasteiger partial charge in [-0.1, -0.05) is 20.3 Å². The van der Waals surface area contributed by atoms with E-state index in [1.165, 1.54) is 6.42 Å². The molecule has 0 aromatic carbocycles. The highest BCUT2D eigenvalue weighted by Crippen LogP contribution is 2.13. The minimum Gasteiger partial charge on any atom is -0.327 e. The lowest BCUT2D eigenvalue weighted by Crippen LogP contribution is -2.25. The molecule has 74 valence electrons. The maximum atomic E-state index is 6.01. The summed E-state index contributed by atoms with van der Waals surface area (Å²) in [5.41, 5.74) is 6.01. The van der Waals surface area contributed by atoms with Crippen molar-refractivity contribution in [2.75, 3.05) is 0 Å². The standard InChI is InChI=1S/C10H18N2S/c1-3-8(2)6-9(11)7-10-12-4-5-13-10/h4-5,8-9H,3,6-7,11H2,1-2H3. The quantitative estimate of drug-likeness (QED) is 0.789. The summed E-state index contributed by atoms with van der Waals surface area (Å²) in [6.07, 6.45) is 5.10. The lowest BCUT2D eigenvalue weighted by molar-refractivity contribution is 0.450. The molecule has 2 unspecified atom stereocenters. The maximum absolute atomic E-state index is 6.01. The third-order valence-corrected chi connectivity index (χ3v) is 3.12. The van der Waals surface area contributed by atoms with Crippen LogP contribution in [0.15, 0.2) is 11.6 Å². The van der Waals surface area contributed by atoms with Crippen molar-refractivity contribution in [3.8, 4) is 0 Å². The average Bonchev–Trinajstić information content (AvgIpc) is 2.56. The van der Waals surface area contributed by atoms with Crippen molar-refractivity contribution in [1.82, 2.24) is 4.98 Å². The van der Waals surface area contributed by atoms with Gasteiger partial charge in [0.15, 0.2) is 0 Å². The molecule has 0 saturated heterocycles.